The summed E-state index contributed by atoms with van der Waals surface area (Å²) in [5, 5.41) is 14.2. The van der Waals surface area contributed by atoms with E-state index in [4.69, 9.17) is 4.74 Å². The number of hydrogen-bond donors (Lipinski definition) is 1. The van der Waals surface area contributed by atoms with Crippen molar-refractivity contribution >= 4 is 17.9 Å². The van der Waals surface area contributed by atoms with E-state index in [0.29, 0.717) is 17.1 Å². The molecule has 0 bridgehead atoms. The molecule has 9 nitrogen and oxygen atoms in total. The van der Waals surface area contributed by atoms with Gasteiger partial charge in [0.25, 0.3) is 0 Å². The number of hydrogen-bond acceptors (Lipinski definition) is 6. The lowest BCUT2D eigenvalue weighted by Crippen LogP contribution is -2.37. The molecule has 1 heterocycles. The zero-order chi connectivity index (χ0) is 26.3. The number of carbonyl (C=O) groups excluding carboxylic acids is 2. The van der Waals surface area contributed by atoms with E-state index in [1.54, 1.807) is 26.2 Å². The number of rotatable bonds is 9. The molecule has 1 N–H and O–H groups in total. The van der Waals surface area contributed by atoms with E-state index in [1.807, 2.05) is 12.1 Å². The number of tetrazole rings is 1. The number of ether oxygens (including phenoxy) is 1. The van der Waals surface area contributed by atoms with Crippen molar-refractivity contribution in [2.45, 2.75) is 26.2 Å². The minimum absolute atomic E-state index is 0.0672. The summed E-state index contributed by atoms with van der Waals surface area (Å²) in [7, 11) is 3.01. The lowest BCUT2D eigenvalue weighted by Gasteiger charge is -2.15. The summed E-state index contributed by atoms with van der Waals surface area (Å²) >= 11 is 0. The van der Waals surface area contributed by atoms with Gasteiger partial charge in [0.05, 0.1) is 25.8 Å². The number of methoxy groups -OCH3 is 1. The van der Waals surface area contributed by atoms with Crippen molar-refractivity contribution in [3.05, 3.63) is 76.6 Å². The van der Waals surface area contributed by atoms with Crippen LogP contribution in [0.3, 0.4) is 0 Å². The van der Waals surface area contributed by atoms with Gasteiger partial charge in [-0.2, -0.15) is 18.0 Å². The van der Waals surface area contributed by atoms with E-state index in [2.05, 4.69) is 20.7 Å². The van der Waals surface area contributed by atoms with Gasteiger partial charge in [-0.15, -0.1) is 10.2 Å². The topological polar surface area (TPSA) is 102 Å². The van der Waals surface area contributed by atoms with Crippen molar-refractivity contribution in [1.82, 2.24) is 30.4 Å². The molecule has 0 aliphatic rings. The molecule has 12 heteroatoms. The van der Waals surface area contributed by atoms with Crippen molar-refractivity contribution in [1.29, 1.82) is 0 Å². The number of nitrogens with one attached hydrogen (secondary N) is 1. The Hall–Kier alpha value is -4.22. The van der Waals surface area contributed by atoms with Crippen LogP contribution in [0, 0.1) is 6.92 Å². The number of halogens is 3. The number of nitrogens with zero attached hydrogens (tertiary/aromatic N) is 5. The molecule has 0 saturated carbocycles. The highest BCUT2D eigenvalue weighted by atomic mass is 19.4. The summed E-state index contributed by atoms with van der Waals surface area (Å²) < 4.78 is 44.7. The van der Waals surface area contributed by atoms with Crippen LogP contribution in [0.4, 0.5) is 13.2 Å². The molecule has 0 aliphatic carbocycles. The Morgan fingerprint density at radius 1 is 1.17 bits per heavy atom. The van der Waals surface area contributed by atoms with Crippen molar-refractivity contribution < 1.29 is 27.5 Å². The first kappa shape index (κ1) is 26.4. The van der Waals surface area contributed by atoms with E-state index < -0.39 is 17.6 Å². The average Bonchev–Trinajstić information content (AvgIpc) is 3.25. The van der Waals surface area contributed by atoms with Crippen LogP contribution in [0.5, 0.6) is 5.75 Å². The number of benzene rings is 2. The van der Waals surface area contributed by atoms with Gasteiger partial charge in [-0.3, -0.25) is 9.59 Å². The number of aromatic nitrogens is 4. The van der Waals surface area contributed by atoms with Crippen LogP contribution in [0.25, 0.3) is 6.08 Å². The molecule has 0 fully saturated rings. The van der Waals surface area contributed by atoms with E-state index in [-0.39, 0.29) is 31.1 Å². The van der Waals surface area contributed by atoms with Crippen molar-refractivity contribution in [3.63, 3.8) is 0 Å². The highest BCUT2D eigenvalue weighted by Crippen LogP contribution is 2.31. The zero-order valence-corrected chi connectivity index (χ0v) is 19.9. The second kappa shape index (κ2) is 11.5. The molecule has 0 aliphatic heterocycles. The second-order valence-electron chi connectivity index (χ2n) is 7.93. The molecule has 3 aromatic rings. The van der Waals surface area contributed by atoms with E-state index in [1.165, 1.54) is 35.0 Å². The lowest BCUT2D eigenvalue weighted by atomic mass is 10.0. The number of likely N-dealkylation sites (N-methyl/N-ethyl adjacent to an activating group) is 1. The second-order valence-corrected chi connectivity index (χ2v) is 7.93. The summed E-state index contributed by atoms with van der Waals surface area (Å²) in [5.41, 5.74) is 0.670. The first-order chi connectivity index (χ1) is 17.0. The first-order valence-electron chi connectivity index (χ1n) is 10.8. The smallest absolute Gasteiger partial charge is 0.416 e. The maximum atomic E-state index is 13.2. The summed E-state index contributed by atoms with van der Waals surface area (Å²) in [6, 6.07) is 10.4. The van der Waals surface area contributed by atoms with Gasteiger partial charge >= 0.3 is 6.18 Å². The highest BCUT2D eigenvalue weighted by molar-refractivity contribution is 5.94. The molecule has 0 unspecified atom stereocenters. The van der Waals surface area contributed by atoms with Crippen LogP contribution in [-0.4, -0.2) is 57.6 Å². The molecule has 2 aromatic carbocycles. The van der Waals surface area contributed by atoms with Crippen LogP contribution in [0.1, 0.15) is 28.1 Å². The van der Waals surface area contributed by atoms with Gasteiger partial charge in [-0.25, -0.2) is 0 Å². The van der Waals surface area contributed by atoms with E-state index >= 15 is 0 Å². The Kier molecular flexibility index (Phi) is 8.41. The minimum Gasteiger partial charge on any atom is -0.497 e. The highest BCUT2D eigenvalue weighted by Gasteiger charge is 2.31. The predicted molar refractivity (Wildman–Crippen MR) is 125 cm³/mol. The molecule has 190 valence electrons. The van der Waals surface area contributed by atoms with Gasteiger partial charge in [-0.05, 0) is 59.2 Å². The Bertz CT molecular complexity index is 1240. The standard InChI is InChI=1S/C24H25F3N6O3/c1-16-29-31-33(30-16)14-19-12-20(24(25,26)27)8-6-18(19)7-11-23(35)32(2)15-22(34)28-13-17-4-9-21(36-3)10-5-17/h4-12H,13-15H2,1-3H3,(H,28,34). The molecule has 3 rings (SSSR count). The van der Waals surface area contributed by atoms with Crippen LogP contribution in [-0.2, 0) is 28.9 Å². The summed E-state index contributed by atoms with van der Waals surface area (Å²) in [4.78, 5) is 27.1. The van der Waals surface area contributed by atoms with Gasteiger partial charge < -0.3 is 15.0 Å². The van der Waals surface area contributed by atoms with Crippen LogP contribution < -0.4 is 10.1 Å². The van der Waals surface area contributed by atoms with E-state index in [0.717, 1.165) is 17.7 Å². The number of carbonyl (C=O) groups is 2. The van der Waals surface area contributed by atoms with Gasteiger partial charge in [-0.1, -0.05) is 18.2 Å². The Morgan fingerprint density at radius 2 is 1.89 bits per heavy atom. The largest absolute Gasteiger partial charge is 0.497 e. The fourth-order valence-electron chi connectivity index (χ4n) is 3.21. The van der Waals surface area contributed by atoms with Crippen molar-refractivity contribution in [2.24, 2.45) is 0 Å². The first-order valence-corrected chi connectivity index (χ1v) is 10.8. The predicted octanol–water partition coefficient (Wildman–Crippen LogP) is 2.85. The SMILES string of the molecule is COc1ccc(CNC(=O)CN(C)C(=O)C=Cc2ccc(C(F)(F)F)cc2Cn2nnc(C)n2)cc1. The molecule has 2 amide bonds. The fraction of sp³-hybridized carbons (Fsp3) is 0.292. The van der Waals surface area contributed by atoms with Gasteiger partial charge in [0.15, 0.2) is 5.82 Å². The summed E-state index contributed by atoms with van der Waals surface area (Å²) in [6.07, 6.45) is -1.94. The quantitative estimate of drug-likeness (QED) is 0.452. The molecule has 0 atom stereocenters. The maximum Gasteiger partial charge on any atom is 0.416 e. The third kappa shape index (κ3) is 7.39. The van der Waals surface area contributed by atoms with Gasteiger partial charge in [0.1, 0.15) is 5.75 Å². The van der Waals surface area contributed by atoms with Crippen LogP contribution in [0.15, 0.2) is 48.5 Å². The molecule has 0 radical (unpaired) electrons. The van der Waals surface area contributed by atoms with Crippen molar-refractivity contribution in [2.75, 3.05) is 20.7 Å². The third-order valence-electron chi connectivity index (χ3n) is 5.15. The Morgan fingerprint density at radius 3 is 2.50 bits per heavy atom. The minimum atomic E-state index is -4.53. The molecule has 1 aromatic heterocycles. The number of aryl methyl sites for hydroxylation is 1. The number of alkyl halides is 3. The molecular weight excluding hydrogens is 477 g/mol. The van der Waals surface area contributed by atoms with Crippen LogP contribution in [0.2, 0.25) is 0 Å². The monoisotopic (exact) mass is 502 g/mol. The van der Waals surface area contributed by atoms with Crippen LogP contribution >= 0.6 is 0 Å². The summed E-state index contributed by atoms with van der Waals surface area (Å²) in [6.45, 7) is 1.63. The average molecular weight is 502 g/mol. The fourth-order valence-corrected chi connectivity index (χ4v) is 3.21. The zero-order valence-electron chi connectivity index (χ0n) is 19.9. The Balaban J connectivity index is 1.64. The Labute approximate surface area is 205 Å². The van der Waals surface area contributed by atoms with Gasteiger partial charge in [0.2, 0.25) is 11.8 Å². The molecular formula is C24H25F3N6O3. The maximum absolute atomic E-state index is 13.2. The summed E-state index contributed by atoms with van der Waals surface area (Å²) in [5.74, 6) is 0.222. The normalized spacial score (nSPS) is 11.5. The molecule has 36 heavy (non-hydrogen) atoms. The molecule has 0 saturated heterocycles. The van der Waals surface area contributed by atoms with E-state index in [9.17, 15) is 22.8 Å². The lowest BCUT2D eigenvalue weighted by molar-refractivity contribution is -0.137. The van der Waals surface area contributed by atoms with Gasteiger partial charge in [0, 0.05) is 19.7 Å². The van der Waals surface area contributed by atoms with Crippen molar-refractivity contribution in [3.8, 4) is 5.75 Å². The molecule has 0 spiro atoms. The third-order valence-corrected chi connectivity index (χ3v) is 5.15. The number of amides is 2.